The first-order chi connectivity index (χ1) is 11.5. The van der Waals surface area contributed by atoms with Crippen molar-refractivity contribution in [2.75, 3.05) is 6.54 Å². The molecule has 1 aromatic carbocycles. The fraction of sp³-hybridized carbons (Fsp3) is 0.412. The van der Waals surface area contributed by atoms with Crippen molar-refractivity contribution < 1.29 is 14.7 Å². The minimum Gasteiger partial charge on any atom is -0.481 e. The molecule has 1 amide bonds. The lowest BCUT2D eigenvalue weighted by Gasteiger charge is -2.18. The Morgan fingerprint density at radius 3 is 2.58 bits per heavy atom. The van der Waals surface area contributed by atoms with Gasteiger partial charge in [-0.05, 0) is 36.6 Å². The van der Waals surface area contributed by atoms with E-state index in [1.807, 2.05) is 18.2 Å². The number of halogens is 1. The summed E-state index contributed by atoms with van der Waals surface area (Å²) in [6.07, 6.45) is 5.40. The number of carbonyl (C=O) groups excluding carboxylic acids is 1. The minimum absolute atomic E-state index is 0.000450. The summed E-state index contributed by atoms with van der Waals surface area (Å²) in [5.74, 6) is -0.756. The monoisotopic (exact) mass is 385 g/mol. The Labute approximate surface area is 156 Å². The van der Waals surface area contributed by atoms with Crippen molar-refractivity contribution in [1.29, 1.82) is 0 Å². The van der Waals surface area contributed by atoms with Crippen LogP contribution in [0.1, 0.15) is 37.7 Å². The second-order valence-electron chi connectivity index (χ2n) is 5.56. The van der Waals surface area contributed by atoms with Crippen LogP contribution in [0.2, 0.25) is 5.02 Å². The van der Waals surface area contributed by atoms with E-state index in [4.69, 9.17) is 16.7 Å². The van der Waals surface area contributed by atoms with Crippen molar-refractivity contribution in [2.24, 2.45) is 0 Å². The lowest BCUT2D eigenvalue weighted by atomic mass is 10.1. The van der Waals surface area contributed by atoms with Crippen LogP contribution < -0.4 is 0 Å². The van der Waals surface area contributed by atoms with Crippen molar-refractivity contribution in [1.82, 2.24) is 4.90 Å². The van der Waals surface area contributed by atoms with Crippen LogP contribution in [0.5, 0.6) is 0 Å². The van der Waals surface area contributed by atoms with Gasteiger partial charge in [0.15, 0.2) is 0 Å². The maximum absolute atomic E-state index is 12.5. The number of unbranched alkanes of at least 4 members (excludes halogenated alkanes) is 3. The molecule has 1 saturated heterocycles. The minimum atomic E-state index is -0.756. The molecular formula is C17H20ClNO3S2. The molecule has 1 atom stereocenters. The molecule has 1 aromatic rings. The van der Waals surface area contributed by atoms with E-state index in [1.165, 1.54) is 11.8 Å². The average molecular weight is 386 g/mol. The second kappa shape index (κ2) is 9.39. The first kappa shape index (κ1) is 19.2. The summed E-state index contributed by atoms with van der Waals surface area (Å²) in [5, 5.41) is 9.26. The van der Waals surface area contributed by atoms with Gasteiger partial charge in [0.05, 0.1) is 4.91 Å². The van der Waals surface area contributed by atoms with Crippen molar-refractivity contribution in [3.63, 3.8) is 0 Å². The third kappa shape index (κ3) is 5.76. The molecule has 1 aliphatic rings. The zero-order valence-corrected chi connectivity index (χ0v) is 15.6. The van der Waals surface area contributed by atoms with E-state index in [9.17, 15) is 9.59 Å². The average Bonchev–Trinajstić information content (AvgIpc) is 2.79. The number of amides is 1. The Bertz CT molecular complexity index is 619. The highest BCUT2D eigenvalue weighted by Gasteiger charge is 2.33. The first-order valence-corrected chi connectivity index (χ1v) is 9.59. The Balaban J connectivity index is 1.83. The number of nitrogens with zero attached hydrogens (tertiary/aromatic N) is 1. The normalized spacial score (nSPS) is 19.2. The number of thioether (sulfide) groups is 1. The number of benzene rings is 1. The molecule has 2 rings (SSSR count). The van der Waals surface area contributed by atoms with Crippen molar-refractivity contribution in [3.05, 3.63) is 39.8 Å². The van der Waals surface area contributed by atoms with E-state index in [-0.39, 0.29) is 17.0 Å². The molecule has 0 aliphatic carbocycles. The number of rotatable bonds is 8. The molecule has 0 bridgehead atoms. The van der Waals surface area contributed by atoms with Gasteiger partial charge in [0, 0.05) is 18.0 Å². The van der Waals surface area contributed by atoms with Crippen molar-refractivity contribution in [3.8, 4) is 0 Å². The van der Waals surface area contributed by atoms with Crippen LogP contribution in [0.15, 0.2) is 29.2 Å². The van der Waals surface area contributed by atoms with Crippen LogP contribution in [0, 0.1) is 0 Å². The molecule has 24 heavy (non-hydrogen) atoms. The van der Waals surface area contributed by atoms with E-state index in [1.54, 1.807) is 17.0 Å². The summed E-state index contributed by atoms with van der Waals surface area (Å²) in [5.41, 5.74) is 0.936. The smallest absolute Gasteiger partial charge is 0.303 e. The van der Waals surface area contributed by atoms with E-state index in [0.29, 0.717) is 22.9 Å². The quantitative estimate of drug-likeness (QED) is 0.393. The molecule has 1 unspecified atom stereocenters. The highest BCUT2D eigenvalue weighted by Crippen LogP contribution is 2.38. The van der Waals surface area contributed by atoms with Crippen LogP contribution in [0.3, 0.4) is 0 Å². The number of carboxylic acids is 1. The van der Waals surface area contributed by atoms with Gasteiger partial charge in [0.1, 0.15) is 4.71 Å². The summed E-state index contributed by atoms with van der Waals surface area (Å²) < 4.78 is -0.171. The standard InChI is InChI=1S/C17H20ClNO3S2/c18-13-8-6-12(7-9-13)11-14-16(22)19(17(23)24-14)10-4-2-1-3-5-15(20)21/h6-9,11,17,23H,1-5,10H2,(H,20,21)/b14-11-. The number of thiol groups is 1. The van der Waals surface area contributed by atoms with Crippen LogP contribution >= 0.6 is 36.0 Å². The largest absolute Gasteiger partial charge is 0.481 e. The summed E-state index contributed by atoms with van der Waals surface area (Å²) in [6, 6.07) is 7.35. The van der Waals surface area contributed by atoms with Gasteiger partial charge in [0.2, 0.25) is 0 Å². The lowest BCUT2D eigenvalue weighted by molar-refractivity contribution is -0.137. The zero-order valence-electron chi connectivity index (χ0n) is 13.2. The fourth-order valence-corrected chi connectivity index (χ4v) is 4.06. The Kier molecular flexibility index (Phi) is 7.52. The molecule has 0 aromatic heterocycles. The van der Waals surface area contributed by atoms with Crippen LogP contribution in [0.4, 0.5) is 0 Å². The topological polar surface area (TPSA) is 57.6 Å². The maximum Gasteiger partial charge on any atom is 0.303 e. The van der Waals surface area contributed by atoms with E-state index in [0.717, 1.165) is 24.8 Å². The van der Waals surface area contributed by atoms with Gasteiger partial charge >= 0.3 is 5.97 Å². The predicted molar refractivity (Wildman–Crippen MR) is 102 cm³/mol. The number of hydrogen-bond acceptors (Lipinski definition) is 4. The number of aliphatic carboxylic acids is 1. The van der Waals surface area contributed by atoms with E-state index >= 15 is 0 Å². The summed E-state index contributed by atoms with van der Waals surface area (Å²) in [6.45, 7) is 0.644. The van der Waals surface area contributed by atoms with Gasteiger partial charge in [-0.1, -0.05) is 48.3 Å². The van der Waals surface area contributed by atoms with Crippen LogP contribution in [0.25, 0.3) is 6.08 Å². The Morgan fingerprint density at radius 1 is 1.25 bits per heavy atom. The molecule has 7 heteroatoms. The third-order valence-electron chi connectivity index (χ3n) is 3.68. The maximum atomic E-state index is 12.5. The van der Waals surface area contributed by atoms with Gasteiger partial charge in [-0.25, -0.2) is 0 Å². The van der Waals surface area contributed by atoms with Gasteiger partial charge in [-0.2, -0.15) is 0 Å². The zero-order chi connectivity index (χ0) is 17.5. The van der Waals surface area contributed by atoms with Crippen LogP contribution in [-0.2, 0) is 9.59 Å². The lowest BCUT2D eigenvalue weighted by Crippen LogP contribution is -2.30. The molecule has 1 N–H and O–H groups in total. The third-order valence-corrected chi connectivity index (χ3v) is 5.54. The number of hydrogen-bond donors (Lipinski definition) is 2. The molecule has 0 saturated carbocycles. The highest BCUT2D eigenvalue weighted by atomic mass is 35.5. The highest BCUT2D eigenvalue weighted by molar-refractivity contribution is 8.14. The molecule has 0 spiro atoms. The number of carbonyl (C=O) groups is 2. The van der Waals surface area contributed by atoms with Gasteiger partial charge in [-0.3, -0.25) is 9.59 Å². The molecule has 0 radical (unpaired) electrons. The molecule has 1 fully saturated rings. The number of carboxylic acid groups (broad SMARTS) is 1. The molecule has 1 heterocycles. The predicted octanol–water partition coefficient (Wildman–Crippen LogP) is 4.50. The van der Waals surface area contributed by atoms with Crippen LogP contribution in [-0.4, -0.2) is 33.1 Å². The molecular weight excluding hydrogens is 366 g/mol. The van der Waals surface area contributed by atoms with Gasteiger partial charge < -0.3 is 10.0 Å². The second-order valence-corrected chi connectivity index (χ2v) is 7.96. The molecule has 4 nitrogen and oxygen atoms in total. The Morgan fingerprint density at radius 2 is 1.92 bits per heavy atom. The van der Waals surface area contributed by atoms with E-state index < -0.39 is 5.97 Å². The molecule has 130 valence electrons. The van der Waals surface area contributed by atoms with Crippen molar-refractivity contribution >= 4 is 53.9 Å². The fourth-order valence-electron chi connectivity index (χ4n) is 2.40. The summed E-state index contributed by atoms with van der Waals surface area (Å²) in [4.78, 5) is 25.4. The first-order valence-electron chi connectivity index (χ1n) is 7.82. The van der Waals surface area contributed by atoms with Crippen molar-refractivity contribution in [2.45, 2.75) is 36.8 Å². The Hall–Kier alpha value is -1.11. The van der Waals surface area contributed by atoms with Gasteiger partial charge in [0.25, 0.3) is 5.91 Å². The summed E-state index contributed by atoms with van der Waals surface area (Å²) >= 11 is 11.8. The SMILES string of the molecule is O=C(O)CCCCCCN1C(=O)/C(=C/c2ccc(Cl)cc2)SC1S. The van der Waals surface area contributed by atoms with Gasteiger partial charge in [-0.15, -0.1) is 12.6 Å². The summed E-state index contributed by atoms with van der Waals surface area (Å²) in [7, 11) is 0. The van der Waals surface area contributed by atoms with E-state index in [2.05, 4.69) is 12.6 Å². The molecule has 1 aliphatic heterocycles.